The first-order chi connectivity index (χ1) is 16.1. The number of piperidine rings is 1. The maximum absolute atomic E-state index is 14.5. The summed E-state index contributed by atoms with van der Waals surface area (Å²) < 4.78 is 54.6. The van der Waals surface area contributed by atoms with Gasteiger partial charge in [0.15, 0.2) is 0 Å². The lowest BCUT2D eigenvalue weighted by Crippen LogP contribution is -2.45. The van der Waals surface area contributed by atoms with E-state index in [1.807, 2.05) is 19.9 Å². The predicted molar refractivity (Wildman–Crippen MR) is 120 cm³/mol. The molecule has 10 heteroatoms. The third-order valence-corrected chi connectivity index (χ3v) is 6.25. The van der Waals surface area contributed by atoms with Gasteiger partial charge in [-0.15, -0.1) is 0 Å². The first kappa shape index (κ1) is 24.0. The largest absolute Gasteiger partial charge is 0.417 e. The van der Waals surface area contributed by atoms with Crippen LogP contribution in [0.3, 0.4) is 0 Å². The van der Waals surface area contributed by atoms with Crippen molar-refractivity contribution in [2.24, 2.45) is 5.92 Å². The summed E-state index contributed by atoms with van der Waals surface area (Å²) in [6.45, 7) is 4.03. The Morgan fingerprint density at radius 2 is 2.00 bits per heavy atom. The highest BCUT2D eigenvalue weighted by Crippen LogP contribution is 2.34. The van der Waals surface area contributed by atoms with Crippen LogP contribution in [0.25, 0.3) is 0 Å². The molecule has 2 aromatic rings. The molecule has 3 atom stereocenters. The van der Waals surface area contributed by atoms with E-state index in [2.05, 4.69) is 21.2 Å². The fourth-order valence-corrected chi connectivity index (χ4v) is 4.57. The van der Waals surface area contributed by atoms with E-state index in [1.54, 1.807) is 6.07 Å². The van der Waals surface area contributed by atoms with Crippen LogP contribution in [0.5, 0.6) is 0 Å². The number of benzene rings is 1. The van der Waals surface area contributed by atoms with Gasteiger partial charge in [-0.05, 0) is 69.4 Å². The summed E-state index contributed by atoms with van der Waals surface area (Å²) in [5.41, 5.74) is 6.02. The molecule has 182 valence electrons. The Morgan fingerprint density at radius 1 is 1.24 bits per heavy atom. The van der Waals surface area contributed by atoms with Gasteiger partial charge in [0.1, 0.15) is 17.8 Å². The molecule has 3 N–H and O–H groups in total. The lowest BCUT2D eigenvalue weighted by Gasteiger charge is -2.38. The molecule has 0 aliphatic carbocycles. The van der Waals surface area contributed by atoms with E-state index in [0.29, 0.717) is 37.3 Å². The number of anilines is 1. The molecule has 2 unspecified atom stereocenters. The van der Waals surface area contributed by atoms with Crippen molar-refractivity contribution in [1.29, 1.82) is 0 Å². The van der Waals surface area contributed by atoms with Crippen molar-refractivity contribution in [3.05, 3.63) is 70.8 Å². The molecule has 6 nitrogen and oxygen atoms in total. The average Bonchev–Trinajstić information content (AvgIpc) is 3.19. The molecule has 0 saturated carbocycles. The number of pyridine rings is 1. The van der Waals surface area contributed by atoms with Crippen molar-refractivity contribution in [2.45, 2.75) is 51.5 Å². The van der Waals surface area contributed by atoms with Crippen LogP contribution in [0.4, 0.5) is 23.4 Å². The second-order valence-electron chi connectivity index (χ2n) is 8.85. The van der Waals surface area contributed by atoms with Gasteiger partial charge in [0.25, 0.3) is 5.91 Å². The second-order valence-corrected chi connectivity index (χ2v) is 8.85. The van der Waals surface area contributed by atoms with Crippen LogP contribution in [0.15, 0.2) is 48.2 Å². The summed E-state index contributed by atoms with van der Waals surface area (Å²) in [5.74, 6) is -0.441. The van der Waals surface area contributed by atoms with Gasteiger partial charge in [-0.25, -0.2) is 14.8 Å². The molecule has 2 aliphatic rings. The highest BCUT2D eigenvalue weighted by molar-refractivity contribution is 5.96. The van der Waals surface area contributed by atoms with Gasteiger partial charge >= 0.3 is 6.18 Å². The summed E-state index contributed by atoms with van der Waals surface area (Å²) in [6.07, 6.45) is -1.34. The molecule has 34 heavy (non-hydrogen) atoms. The molecule has 4 rings (SSSR count). The van der Waals surface area contributed by atoms with Crippen LogP contribution in [0, 0.1) is 11.7 Å². The summed E-state index contributed by atoms with van der Waals surface area (Å²) in [4.78, 5) is 18.9. The van der Waals surface area contributed by atoms with Crippen molar-refractivity contribution in [2.75, 3.05) is 11.9 Å². The zero-order valence-corrected chi connectivity index (χ0v) is 18.9. The maximum Gasteiger partial charge on any atom is 0.417 e. The van der Waals surface area contributed by atoms with Gasteiger partial charge in [-0.1, -0.05) is 12.1 Å². The van der Waals surface area contributed by atoms with Crippen molar-refractivity contribution >= 4 is 11.7 Å². The molecule has 3 heterocycles. The first-order valence-electron chi connectivity index (χ1n) is 11.2. The number of nitrogens with zero attached hydrogens (tertiary/aromatic N) is 2. The molecule has 1 aromatic carbocycles. The topological polar surface area (TPSA) is 69.3 Å². The van der Waals surface area contributed by atoms with Gasteiger partial charge < -0.3 is 15.6 Å². The highest BCUT2D eigenvalue weighted by Gasteiger charge is 2.38. The summed E-state index contributed by atoms with van der Waals surface area (Å²) in [6, 6.07) is 7.52. The summed E-state index contributed by atoms with van der Waals surface area (Å²) >= 11 is 0. The van der Waals surface area contributed by atoms with E-state index in [9.17, 15) is 22.4 Å². The number of hydrogen-bond donors (Lipinski definition) is 3. The minimum atomic E-state index is -4.60. The fraction of sp³-hybridized carbons (Fsp3) is 0.417. The van der Waals surface area contributed by atoms with Crippen molar-refractivity contribution in [1.82, 2.24) is 20.7 Å². The molecule has 0 radical (unpaired) electrons. The van der Waals surface area contributed by atoms with Crippen LogP contribution < -0.4 is 16.2 Å². The van der Waals surface area contributed by atoms with E-state index in [1.165, 1.54) is 29.2 Å². The molecule has 2 aliphatic heterocycles. The van der Waals surface area contributed by atoms with Crippen LogP contribution in [0.2, 0.25) is 0 Å². The third kappa shape index (κ3) is 5.32. The summed E-state index contributed by atoms with van der Waals surface area (Å²) in [7, 11) is 0. The summed E-state index contributed by atoms with van der Waals surface area (Å²) in [5, 5.41) is 3.17. The van der Waals surface area contributed by atoms with Crippen molar-refractivity contribution in [3.63, 3.8) is 0 Å². The number of halogens is 4. The molecule has 1 fully saturated rings. The molecule has 0 bridgehead atoms. The Hall–Kier alpha value is -3.14. The number of aromatic nitrogens is 1. The molecular weight excluding hydrogens is 450 g/mol. The van der Waals surface area contributed by atoms with Crippen molar-refractivity contribution in [3.8, 4) is 0 Å². The van der Waals surface area contributed by atoms with Crippen LogP contribution in [-0.4, -0.2) is 34.5 Å². The molecule has 1 saturated heterocycles. The number of likely N-dealkylation sites (tertiary alicyclic amines) is 1. The molecular formula is C24H27F4N5O. The van der Waals surface area contributed by atoms with E-state index in [-0.39, 0.29) is 23.7 Å². The number of hydrogen-bond acceptors (Lipinski definition) is 5. The third-order valence-electron chi connectivity index (χ3n) is 6.25. The van der Waals surface area contributed by atoms with Crippen LogP contribution >= 0.6 is 0 Å². The SMILES string of the molecule is CC1=CC(Nc2ccc(F)c(CC3CCN(C(=O)c4ccccc4C(F)(F)F)[C@H](C)C3)n2)NN1. The quantitative estimate of drug-likeness (QED) is 0.555. The number of carbonyl (C=O) groups excluding carboxylic acids is 1. The van der Waals surface area contributed by atoms with E-state index in [0.717, 1.165) is 11.8 Å². The molecule has 1 aromatic heterocycles. The number of nitrogens with one attached hydrogen (secondary N) is 3. The lowest BCUT2D eigenvalue weighted by atomic mass is 9.87. The highest BCUT2D eigenvalue weighted by atomic mass is 19.4. The van der Waals surface area contributed by atoms with E-state index in [4.69, 9.17) is 0 Å². The number of carbonyl (C=O) groups is 1. The minimum absolute atomic E-state index is 0.0579. The number of rotatable bonds is 5. The van der Waals surface area contributed by atoms with Gasteiger partial charge in [-0.3, -0.25) is 4.79 Å². The van der Waals surface area contributed by atoms with Gasteiger partial charge in [0.2, 0.25) is 0 Å². The monoisotopic (exact) mass is 477 g/mol. The molecule has 1 amide bonds. The fourth-order valence-electron chi connectivity index (χ4n) is 4.57. The molecule has 0 spiro atoms. The number of amides is 1. The Balaban J connectivity index is 1.42. The second kappa shape index (κ2) is 9.61. The van der Waals surface area contributed by atoms with Crippen molar-refractivity contribution < 1.29 is 22.4 Å². The van der Waals surface area contributed by atoms with Crippen LogP contribution in [-0.2, 0) is 12.6 Å². The normalized spacial score (nSPS) is 22.8. The number of hydrazine groups is 1. The minimum Gasteiger partial charge on any atom is -0.350 e. The van der Waals surface area contributed by atoms with E-state index >= 15 is 0 Å². The zero-order valence-electron chi connectivity index (χ0n) is 18.9. The smallest absolute Gasteiger partial charge is 0.350 e. The Kier molecular flexibility index (Phi) is 6.79. The Morgan fingerprint density at radius 3 is 2.68 bits per heavy atom. The maximum atomic E-state index is 14.5. The van der Waals surface area contributed by atoms with Gasteiger partial charge in [-0.2, -0.15) is 13.2 Å². The zero-order chi connectivity index (χ0) is 24.5. The van der Waals surface area contributed by atoms with Crippen LogP contribution in [0.1, 0.15) is 48.3 Å². The number of allylic oxidation sites excluding steroid dienone is 1. The van der Waals surface area contributed by atoms with Gasteiger partial charge in [0.05, 0.1) is 16.8 Å². The first-order valence-corrected chi connectivity index (χ1v) is 11.2. The lowest BCUT2D eigenvalue weighted by molar-refractivity contribution is -0.138. The number of alkyl halides is 3. The average molecular weight is 478 g/mol. The van der Waals surface area contributed by atoms with Gasteiger partial charge in [0, 0.05) is 18.3 Å². The Bertz CT molecular complexity index is 1090. The Labute approximate surface area is 195 Å². The van der Waals surface area contributed by atoms with E-state index < -0.39 is 23.5 Å². The predicted octanol–water partition coefficient (Wildman–Crippen LogP) is 4.47. The standard InChI is InChI=1S/C24H27F4N5O/c1-14-11-22(32-31-14)30-21-8-7-19(25)20(29-21)13-16-9-10-33(15(2)12-16)23(34)17-5-3-4-6-18(17)24(26,27)28/h3-8,11,15-16,22,31-32H,9-10,12-13H2,1-2H3,(H,29,30)/t15-,16?,22?/m1/s1.